The smallest absolute Gasteiger partial charge is 0.0988 e. The molecule has 2 heteroatoms. The topological polar surface area (TPSA) is 15.8 Å². The molecule has 1 fully saturated rings. The van der Waals surface area contributed by atoms with E-state index >= 15 is 0 Å². The summed E-state index contributed by atoms with van der Waals surface area (Å²) in [5.41, 5.74) is 5.13. The summed E-state index contributed by atoms with van der Waals surface area (Å²) in [5.74, 6) is 0. The number of para-hydroxylation sites is 1. The minimum atomic E-state index is 0.377. The molecule has 1 aliphatic heterocycles. The number of epoxide rings is 1. The predicted molar refractivity (Wildman–Crippen MR) is 79.1 cm³/mol. The number of nitrogens with zero attached hydrogens (tertiary/aromatic N) is 1. The Morgan fingerprint density at radius 2 is 1.74 bits per heavy atom. The van der Waals surface area contributed by atoms with E-state index in [2.05, 4.69) is 67.3 Å². The van der Waals surface area contributed by atoms with Crippen LogP contribution in [0.4, 0.5) is 11.4 Å². The molecule has 2 aromatic rings. The molecular formula is C17H19NO. The lowest BCUT2D eigenvalue weighted by Gasteiger charge is -2.25. The summed E-state index contributed by atoms with van der Waals surface area (Å²) < 4.78 is 5.39. The van der Waals surface area contributed by atoms with Crippen molar-refractivity contribution in [2.45, 2.75) is 20.0 Å². The first kappa shape index (κ1) is 12.2. The van der Waals surface area contributed by atoms with Gasteiger partial charge < -0.3 is 9.64 Å². The van der Waals surface area contributed by atoms with Crippen LogP contribution in [0.25, 0.3) is 0 Å². The van der Waals surface area contributed by atoms with Gasteiger partial charge in [0.15, 0.2) is 0 Å². The van der Waals surface area contributed by atoms with Crippen LogP contribution in [-0.2, 0) is 4.74 Å². The number of rotatable bonds is 4. The Balaban J connectivity index is 1.95. The summed E-state index contributed by atoms with van der Waals surface area (Å²) in [5, 5.41) is 0. The zero-order valence-corrected chi connectivity index (χ0v) is 11.5. The van der Waals surface area contributed by atoms with Gasteiger partial charge in [0, 0.05) is 11.4 Å². The summed E-state index contributed by atoms with van der Waals surface area (Å²) in [4.78, 5) is 2.34. The van der Waals surface area contributed by atoms with Crippen molar-refractivity contribution in [3.63, 3.8) is 0 Å². The number of hydrogen-bond donors (Lipinski definition) is 0. The number of hydrogen-bond acceptors (Lipinski definition) is 2. The maximum atomic E-state index is 5.39. The van der Waals surface area contributed by atoms with E-state index in [1.54, 1.807) is 0 Å². The first-order valence-electron chi connectivity index (χ1n) is 6.75. The Labute approximate surface area is 114 Å². The Morgan fingerprint density at radius 3 is 2.37 bits per heavy atom. The van der Waals surface area contributed by atoms with E-state index in [4.69, 9.17) is 4.74 Å². The molecule has 0 amide bonds. The third-order valence-electron chi connectivity index (χ3n) is 3.66. The molecule has 0 spiro atoms. The Kier molecular flexibility index (Phi) is 3.26. The van der Waals surface area contributed by atoms with E-state index in [1.165, 1.54) is 22.5 Å². The lowest BCUT2D eigenvalue weighted by Crippen LogP contribution is -2.22. The third kappa shape index (κ3) is 2.79. The molecule has 0 aromatic heterocycles. The fourth-order valence-electron chi connectivity index (χ4n) is 2.24. The van der Waals surface area contributed by atoms with Crippen LogP contribution in [0.5, 0.6) is 0 Å². The predicted octanol–water partition coefficient (Wildman–Crippen LogP) is 3.84. The number of aryl methyl sites for hydroxylation is 2. The van der Waals surface area contributed by atoms with Crippen molar-refractivity contribution in [3.8, 4) is 0 Å². The van der Waals surface area contributed by atoms with Gasteiger partial charge in [0.1, 0.15) is 0 Å². The van der Waals surface area contributed by atoms with E-state index in [0.29, 0.717) is 6.10 Å². The van der Waals surface area contributed by atoms with Crippen molar-refractivity contribution < 1.29 is 4.74 Å². The first-order valence-corrected chi connectivity index (χ1v) is 6.75. The summed E-state index contributed by atoms with van der Waals surface area (Å²) in [6.07, 6.45) is 0.377. The van der Waals surface area contributed by atoms with Crippen molar-refractivity contribution in [1.29, 1.82) is 0 Å². The highest BCUT2D eigenvalue weighted by Crippen LogP contribution is 2.29. The van der Waals surface area contributed by atoms with E-state index < -0.39 is 0 Å². The van der Waals surface area contributed by atoms with Gasteiger partial charge in [0.2, 0.25) is 0 Å². The minimum Gasteiger partial charge on any atom is -0.371 e. The molecule has 0 saturated carbocycles. The molecule has 1 heterocycles. The molecule has 0 radical (unpaired) electrons. The molecule has 1 saturated heterocycles. The Hall–Kier alpha value is -1.80. The molecule has 98 valence electrons. The lowest BCUT2D eigenvalue weighted by molar-refractivity contribution is 0.411. The normalized spacial score (nSPS) is 17.3. The molecule has 2 nitrogen and oxygen atoms in total. The van der Waals surface area contributed by atoms with Gasteiger partial charge in [0.05, 0.1) is 19.3 Å². The minimum absolute atomic E-state index is 0.377. The summed E-state index contributed by atoms with van der Waals surface area (Å²) in [6.45, 7) is 6.12. The highest BCUT2D eigenvalue weighted by molar-refractivity contribution is 5.64. The van der Waals surface area contributed by atoms with Gasteiger partial charge >= 0.3 is 0 Å². The van der Waals surface area contributed by atoms with Crippen molar-refractivity contribution >= 4 is 11.4 Å². The fraction of sp³-hybridized carbons (Fsp3) is 0.294. The Morgan fingerprint density at radius 1 is 1.00 bits per heavy atom. The van der Waals surface area contributed by atoms with E-state index in [0.717, 1.165) is 13.2 Å². The van der Waals surface area contributed by atoms with Gasteiger partial charge in [-0.15, -0.1) is 0 Å². The molecule has 19 heavy (non-hydrogen) atoms. The number of anilines is 2. The molecule has 0 aliphatic carbocycles. The lowest BCUT2D eigenvalue weighted by atomic mass is 10.1. The van der Waals surface area contributed by atoms with E-state index in [1.807, 2.05) is 0 Å². The molecule has 1 aliphatic rings. The maximum Gasteiger partial charge on any atom is 0.0988 e. The third-order valence-corrected chi connectivity index (χ3v) is 3.66. The van der Waals surface area contributed by atoms with Crippen LogP contribution in [0, 0.1) is 13.8 Å². The van der Waals surface area contributed by atoms with Gasteiger partial charge in [-0.05, 0) is 49.2 Å². The molecule has 0 bridgehead atoms. The average molecular weight is 253 g/mol. The van der Waals surface area contributed by atoms with Crippen molar-refractivity contribution in [3.05, 3.63) is 59.7 Å². The van der Waals surface area contributed by atoms with E-state index in [-0.39, 0.29) is 0 Å². The first-order chi connectivity index (χ1) is 9.24. The van der Waals surface area contributed by atoms with Crippen LogP contribution in [0.3, 0.4) is 0 Å². The highest BCUT2D eigenvalue weighted by atomic mass is 16.6. The SMILES string of the molecule is Cc1ccc(N(C[C@@H]2CO2)c2ccccc2)cc1C. The maximum absolute atomic E-state index is 5.39. The average Bonchev–Trinajstić information content (AvgIpc) is 3.24. The Bertz CT molecular complexity index is 561. The monoisotopic (exact) mass is 253 g/mol. The van der Waals surface area contributed by atoms with Gasteiger partial charge in [-0.2, -0.15) is 0 Å². The van der Waals surface area contributed by atoms with E-state index in [9.17, 15) is 0 Å². The standard InChI is InChI=1S/C17H19NO/c1-13-8-9-16(10-14(13)2)18(11-17-12-19-17)15-6-4-3-5-7-15/h3-10,17H,11-12H2,1-2H3/t17-/m1/s1. The molecule has 1 atom stereocenters. The van der Waals surface area contributed by atoms with Gasteiger partial charge in [-0.25, -0.2) is 0 Å². The summed E-state index contributed by atoms with van der Waals surface area (Å²) in [7, 11) is 0. The fourth-order valence-corrected chi connectivity index (χ4v) is 2.24. The second kappa shape index (κ2) is 5.06. The largest absolute Gasteiger partial charge is 0.371 e. The van der Waals surface area contributed by atoms with Crippen molar-refractivity contribution in [2.75, 3.05) is 18.1 Å². The van der Waals surface area contributed by atoms with Gasteiger partial charge in [-0.1, -0.05) is 24.3 Å². The quantitative estimate of drug-likeness (QED) is 0.769. The zero-order chi connectivity index (χ0) is 13.2. The van der Waals surface area contributed by atoms with Crippen molar-refractivity contribution in [2.24, 2.45) is 0 Å². The molecular weight excluding hydrogens is 234 g/mol. The summed E-state index contributed by atoms with van der Waals surface area (Å²) in [6, 6.07) is 17.1. The van der Waals surface area contributed by atoms with Gasteiger partial charge in [-0.3, -0.25) is 0 Å². The van der Waals surface area contributed by atoms with Crippen LogP contribution in [-0.4, -0.2) is 19.3 Å². The highest BCUT2D eigenvalue weighted by Gasteiger charge is 2.26. The second-order valence-electron chi connectivity index (χ2n) is 5.17. The number of benzene rings is 2. The van der Waals surface area contributed by atoms with Crippen LogP contribution < -0.4 is 4.90 Å². The molecule has 2 aromatic carbocycles. The van der Waals surface area contributed by atoms with Crippen LogP contribution in [0.1, 0.15) is 11.1 Å². The molecule has 0 N–H and O–H groups in total. The molecule has 3 rings (SSSR count). The zero-order valence-electron chi connectivity index (χ0n) is 11.5. The number of ether oxygens (including phenoxy) is 1. The molecule has 0 unspecified atom stereocenters. The van der Waals surface area contributed by atoms with Crippen LogP contribution in [0.15, 0.2) is 48.5 Å². The summed E-state index contributed by atoms with van der Waals surface area (Å²) >= 11 is 0. The van der Waals surface area contributed by atoms with Crippen LogP contribution >= 0.6 is 0 Å². The second-order valence-corrected chi connectivity index (χ2v) is 5.17. The van der Waals surface area contributed by atoms with Crippen molar-refractivity contribution in [1.82, 2.24) is 0 Å². The van der Waals surface area contributed by atoms with Crippen LogP contribution in [0.2, 0.25) is 0 Å². The van der Waals surface area contributed by atoms with Gasteiger partial charge in [0.25, 0.3) is 0 Å².